The molecule has 0 fully saturated rings. The highest BCUT2D eigenvalue weighted by Crippen LogP contribution is 2.33. The molecule has 5 heteroatoms. The topological polar surface area (TPSA) is 49.6 Å². The van der Waals surface area contributed by atoms with E-state index in [4.69, 9.17) is 5.73 Å². The molecule has 2 heterocycles. The maximum absolute atomic E-state index is 12.7. The van der Waals surface area contributed by atoms with Crippen molar-refractivity contribution in [2.45, 2.75) is 6.04 Å². The number of benzene rings is 1. The van der Waals surface area contributed by atoms with Gasteiger partial charge in [0.05, 0.1) is 11.4 Å². The lowest BCUT2D eigenvalue weighted by molar-refractivity contribution is -0.119. The van der Waals surface area contributed by atoms with Crippen LogP contribution in [0.2, 0.25) is 0 Å². The van der Waals surface area contributed by atoms with Gasteiger partial charge in [0, 0.05) is 25.0 Å². The minimum absolute atomic E-state index is 0.0343. The SMILES string of the molecule is CN1CCN(C(=O)C(N)c2cccs2)c2ccccc21. The normalized spacial score (nSPS) is 15.9. The summed E-state index contributed by atoms with van der Waals surface area (Å²) < 4.78 is 0. The Balaban J connectivity index is 1.92. The number of likely N-dealkylation sites (N-methyl/N-ethyl adjacent to an activating group) is 1. The fourth-order valence-electron chi connectivity index (χ4n) is 2.49. The molecule has 1 unspecified atom stereocenters. The Bertz CT molecular complexity index is 611. The van der Waals surface area contributed by atoms with Crippen molar-refractivity contribution in [2.24, 2.45) is 5.73 Å². The molecular weight excluding hydrogens is 270 g/mol. The lowest BCUT2D eigenvalue weighted by Gasteiger charge is -2.36. The maximum Gasteiger partial charge on any atom is 0.249 e. The number of carbonyl (C=O) groups excluding carboxylic acids is 1. The van der Waals surface area contributed by atoms with Crippen molar-refractivity contribution in [3.05, 3.63) is 46.7 Å². The molecule has 1 aliphatic rings. The third-order valence-corrected chi connectivity index (χ3v) is 4.58. The third-order valence-electron chi connectivity index (χ3n) is 3.62. The van der Waals surface area contributed by atoms with Crippen LogP contribution in [0.15, 0.2) is 41.8 Å². The molecule has 0 saturated carbocycles. The van der Waals surface area contributed by atoms with Crippen molar-refractivity contribution < 1.29 is 4.79 Å². The van der Waals surface area contributed by atoms with Crippen molar-refractivity contribution >= 4 is 28.6 Å². The number of anilines is 2. The van der Waals surface area contributed by atoms with Crippen LogP contribution in [-0.4, -0.2) is 26.0 Å². The Labute approximate surface area is 122 Å². The number of amides is 1. The van der Waals surface area contributed by atoms with Crippen molar-refractivity contribution in [3.8, 4) is 0 Å². The molecule has 0 bridgehead atoms. The smallest absolute Gasteiger partial charge is 0.249 e. The molecule has 1 aliphatic heterocycles. The minimum atomic E-state index is -0.577. The van der Waals surface area contributed by atoms with Crippen molar-refractivity contribution in [1.82, 2.24) is 0 Å². The van der Waals surface area contributed by atoms with E-state index in [-0.39, 0.29) is 5.91 Å². The summed E-state index contributed by atoms with van der Waals surface area (Å²) in [7, 11) is 2.04. The van der Waals surface area contributed by atoms with Gasteiger partial charge in [-0.3, -0.25) is 4.79 Å². The third kappa shape index (κ3) is 2.19. The molecule has 0 spiro atoms. The maximum atomic E-state index is 12.7. The van der Waals surface area contributed by atoms with E-state index in [1.54, 1.807) is 4.90 Å². The van der Waals surface area contributed by atoms with Gasteiger partial charge >= 0.3 is 0 Å². The average molecular weight is 287 g/mol. The fourth-order valence-corrected chi connectivity index (χ4v) is 3.21. The number of nitrogens with two attached hydrogens (primary N) is 1. The summed E-state index contributed by atoms with van der Waals surface area (Å²) in [6.07, 6.45) is 0. The predicted molar refractivity (Wildman–Crippen MR) is 83.3 cm³/mol. The number of hydrogen-bond acceptors (Lipinski definition) is 4. The Hall–Kier alpha value is -1.85. The fraction of sp³-hybridized carbons (Fsp3) is 0.267. The van der Waals surface area contributed by atoms with E-state index >= 15 is 0 Å². The Morgan fingerprint density at radius 2 is 1.95 bits per heavy atom. The molecule has 1 amide bonds. The molecule has 0 aliphatic carbocycles. The molecule has 1 aromatic heterocycles. The summed E-state index contributed by atoms with van der Waals surface area (Å²) in [5, 5.41) is 1.94. The average Bonchev–Trinajstić information content (AvgIpc) is 3.01. The van der Waals surface area contributed by atoms with Gasteiger partial charge in [0.25, 0.3) is 0 Å². The number of thiophene rings is 1. The van der Waals surface area contributed by atoms with E-state index in [0.29, 0.717) is 6.54 Å². The largest absolute Gasteiger partial charge is 0.371 e. The van der Waals surface area contributed by atoms with Crippen LogP contribution in [-0.2, 0) is 4.79 Å². The van der Waals surface area contributed by atoms with Gasteiger partial charge in [0.1, 0.15) is 6.04 Å². The van der Waals surface area contributed by atoms with E-state index in [1.165, 1.54) is 11.3 Å². The summed E-state index contributed by atoms with van der Waals surface area (Å²) in [6, 6.07) is 11.2. The quantitative estimate of drug-likeness (QED) is 0.921. The van der Waals surface area contributed by atoms with Gasteiger partial charge in [-0.25, -0.2) is 0 Å². The van der Waals surface area contributed by atoms with E-state index < -0.39 is 6.04 Å². The van der Waals surface area contributed by atoms with Crippen LogP contribution < -0.4 is 15.5 Å². The van der Waals surface area contributed by atoms with E-state index in [9.17, 15) is 4.79 Å². The highest BCUT2D eigenvalue weighted by molar-refractivity contribution is 7.10. The number of rotatable bonds is 2. The minimum Gasteiger partial charge on any atom is -0.371 e. The second kappa shape index (κ2) is 5.26. The zero-order chi connectivity index (χ0) is 14.1. The summed E-state index contributed by atoms with van der Waals surface area (Å²) in [5.41, 5.74) is 8.13. The number of hydrogen-bond donors (Lipinski definition) is 1. The first kappa shape index (κ1) is 13.1. The standard InChI is InChI=1S/C15H17N3OS/c1-17-8-9-18(12-6-3-2-5-11(12)17)15(19)14(16)13-7-4-10-20-13/h2-7,10,14H,8-9,16H2,1H3. The second-order valence-electron chi connectivity index (χ2n) is 4.89. The highest BCUT2D eigenvalue weighted by atomic mass is 32.1. The molecule has 0 saturated heterocycles. The van der Waals surface area contributed by atoms with Crippen LogP contribution >= 0.6 is 11.3 Å². The van der Waals surface area contributed by atoms with Gasteiger partial charge in [0.2, 0.25) is 5.91 Å². The Kier molecular flexibility index (Phi) is 3.46. The van der Waals surface area contributed by atoms with Gasteiger partial charge in [-0.05, 0) is 23.6 Å². The lowest BCUT2D eigenvalue weighted by Crippen LogP contribution is -2.46. The number of fused-ring (bicyclic) bond motifs is 1. The summed E-state index contributed by atoms with van der Waals surface area (Å²) in [4.78, 5) is 17.5. The van der Waals surface area contributed by atoms with Crippen LogP contribution in [0.1, 0.15) is 10.9 Å². The summed E-state index contributed by atoms with van der Waals surface area (Å²) in [6.45, 7) is 1.49. The molecule has 4 nitrogen and oxygen atoms in total. The monoisotopic (exact) mass is 287 g/mol. The molecule has 2 aromatic rings. The first-order chi connectivity index (χ1) is 9.68. The van der Waals surface area contributed by atoms with Crippen LogP contribution in [0.5, 0.6) is 0 Å². The molecule has 1 aromatic carbocycles. The van der Waals surface area contributed by atoms with Crippen molar-refractivity contribution in [2.75, 3.05) is 29.9 Å². The number of nitrogens with zero attached hydrogens (tertiary/aromatic N) is 2. The van der Waals surface area contributed by atoms with E-state index in [1.807, 2.05) is 48.8 Å². The van der Waals surface area contributed by atoms with Crippen molar-refractivity contribution in [3.63, 3.8) is 0 Å². The lowest BCUT2D eigenvalue weighted by atomic mass is 10.1. The van der Waals surface area contributed by atoms with Crippen LogP contribution in [0.3, 0.4) is 0 Å². The molecule has 3 rings (SSSR count). The van der Waals surface area contributed by atoms with E-state index in [2.05, 4.69) is 4.90 Å². The zero-order valence-electron chi connectivity index (χ0n) is 11.3. The van der Waals surface area contributed by atoms with Gasteiger partial charge in [-0.1, -0.05) is 18.2 Å². The van der Waals surface area contributed by atoms with Gasteiger partial charge in [-0.15, -0.1) is 11.3 Å². The van der Waals surface area contributed by atoms with E-state index in [0.717, 1.165) is 22.8 Å². The summed E-state index contributed by atoms with van der Waals surface area (Å²) >= 11 is 1.52. The molecule has 0 radical (unpaired) electrons. The van der Waals surface area contributed by atoms with Crippen LogP contribution in [0, 0.1) is 0 Å². The molecule has 104 valence electrons. The van der Waals surface area contributed by atoms with Crippen molar-refractivity contribution in [1.29, 1.82) is 0 Å². The van der Waals surface area contributed by atoms with Gasteiger partial charge in [0.15, 0.2) is 0 Å². The van der Waals surface area contributed by atoms with Gasteiger partial charge < -0.3 is 15.5 Å². The first-order valence-electron chi connectivity index (χ1n) is 6.59. The number of para-hydroxylation sites is 2. The molecule has 20 heavy (non-hydrogen) atoms. The van der Waals surface area contributed by atoms with Gasteiger partial charge in [-0.2, -0.15) is 0 Å². The zero-order valence-corrected chi connectivity index (χ0v) is 12.1. The first-order valence-corrected chi connectivity index (χ1v) is 7.47. The van der Waals surface area contributed by atoms with Crippen LogP contribution in [0.4, 0.5) is 11.4 Å². The molecular formula is C15H17N3OS. The Morgan fingerprint density at radius 1 is 1.20 bits per heavy atom. The summed E-state index contributed by atoms with van der Waals surface area (Å²) in [5.74, 6) is -0.0343. The highest BCUT2D eigenvalue weighted by Gasteiger charge is 2.29. The Morgan fingerprint density at radius 3 is 2.65 bits per heavy atom. The second-order valence-corrected chi connectivity index (χ2v) is 5.87. The molecule has 1 atom stereocenters. The molecule has 2 N–H and O–H groups in total. The number of carbonyl (C=O) groups is 1. The predicted octanol–water partition coefficient (Wildman–Crippen LogP) is 2.23. The van der Waals surface area contributed by atoms with Crippen LogP contribution in [0.25, 0.3) is 0 Å².